The molecule has 1 N–H and O–H groups in total. The molecule has 0 spiro atoms. The molecule has 0 aromatic heterocycles. The van der Waals surface area contributed by atoms with Crippen LogP contribution in [0.5, 0.6) is 0 Å². The number of rotatable bonds is 11. The summed E-state index contributed by atoms with van der Waals surface area (Å²) < 4.78 is 42.3. The number of nitrogens with zero attached hydrogens (tertiary/aromatic N) is 2. The molecule has 0 aliphatic heterocycles. The van der Waals surface area contributed by atoms with Crippen molar-refractivity contribution in [1.82, 2.24) is 10.2 Å². The summed E-state index contributed by atoms with van der Waals surface area (Å²) in [4.78, 5) is 28.9. The largest absolute Gasteiger partial charge is 0.352 e. The second-order valence-electron chi connectivity index (χ2n) is 10.3. The van der Waals surface area contributed by atoms with Crippen LogP contribution in [0.1, 0.15) is 50.2 Å². The summed E-state index contributed by atoms with van der Waals surface area (Å²) in [6, 6.07) is 17.5. The number of carbonyl (C=O) groups excluding carboxylic acids is 2. The summed E-state index contributed by atoms with van der Waals surface area (Å²) >= 11 is 6.44. The van der Waals surface area contributed by atoms with Gasteiger partial charge in [-0.15, -0.1) is 0 Å². The number of benzene rings is 3. The number of aryl methyl sites for hydroxylation is 1. The summed E-state index contributed by atoms with van der Waals surface area (Å²) in [6.45, 7) is 3.14. The lowest BCUT2D eigenvalue weighted by atomic mass is 10.1. The Kier molecular flexibility index (Phi) is 10.0. The predicted octanol–water partition coefficient (Wildman–Crippen LogP) is 5.85. The third-order valence-corrected chi connectivity index (χ3v) is 9.55. The zero-order valence-electron chi connectivity index (χ0n) is 23.2. The Labute approximate surface area is 246 Å². The molecular formula is C31H35ClFN3O4S. The van der Waals surface area contributed by atoms with Crippen LogP contribution in [-0.4, -0.2) is 43.8 Å². The lowest BCUT2D eigenvalue weighted by molar-refractivity contribution is -0.140. The molecule has 7 nitrogen and oxygen atoms in total. The van der Waals surface area contributed by atoms with Crippen molar-refractivity contribution in [3.8, 4) is 0 Å². The fourth-order valence-electron chi connectivity index (χ4n) is 5.07. The molecule has 41 heavy (non-hydrogen) atoms. The minimum atomic E-state index is -4.27. The van der Waals surface area contributed by atoms with Gasteiger partial charge in [-0.25, -0.2) is 12.8 Å². The van der Waals surface area contributed by atoms with Crippen molar-refractivity contribution >= 4 is 39.1 Å². The Morgan fingerprint density at radius 3 is 2.24 bits per heavy atom. The van der Waals surface area contributed by atoms with Gasteiger partial charge < -0.3 is 10.2 Å². The maximum absolute atomic E-state index is 14.1. The van der Waals surface area contributed by atoms with Crippen molar-refractivity contribution in [2.75, 3.05) is 10.8 Å². The summed E-state index contributed by atoms with van der Waals surface area (Å²) in [7, 11) is -4.27. The summed E-state index contributed by atoms with van der Waals surface area (Å²) in [5.41, 5.74) is 1.82. The second kappa shape index (κ2) is 13.5. The van der Waals surface area contributed by atoms with Gasteiger partial charge in [0.05, 0.1) is 10.6 Å². The minimum absolute atomic E-state index is 0.0213. The van der Waals surface area contributed by atoms with Gasteiger partial charge in [0.15, 0.2) is 0 Å². The number of anilines is 1. The summed E-state index contributed by atoms with van der Waals surface area (Å²) in [5.74, 6) is -1.42. The van der Waals surface area contributed by atoms with Crippen molar-refractivity contribution in [3.05, 3.63) is 94.8 Å². The van der Waals surface area contributed by atoms with Crippen molar-refractivity contribution in [1.29, 1.82) is 0 Å². The van der Waals surface area contributed by atoms with Crippen LogP contribution in [0.3, 0.4) is 0 Å². The van der Waals surface area contributed by atoms with E-state index in [4.69, 9.17) is 11.6 Å². The molecule has 0 radical (unpaired) electrons. The predicted molar refractivity (Wildman–Crippen MR) is 159 cm³/mol. The standard InChI is InChI=1S/C31H35ClFN3O4S/c1-3-29(31(38)34-25-9-5-6-10-25)35(20-23-8-4-7-11-28(23)32)30(37)21-36(26-16-12-22(2)13-17-26)41(39,40)27-18-14-24(33)15-19-27/h4,7-8,11-19,25,29H,3,5-6,9-10,20-21H2,1-2H3,(H,34,38)/t29-/m1/s1. The SMILES string of the molecule is CC[C@H](C(=O)NC1CCCC1)N(Cc1ccccc1Cl)C(=O)CN(c1ccc(C)cc1)S(=O)(=O)c1ccc(F)cc1. The normalized spacial score (nSPS) is 14.4. The molecule has 0 bridgehead atoms. The van der Waals surface area contributed by atoms with Gasteiger partial charge >= 0.3 is 0 Å². The first-order valence-corrected chi connectivity index (χ1v) is 15.6. The average Bonchev–Trinajstić information content (AvgIpc) is 3.46. The molecule has 1 aliphatic rings. The highest BCUT2D eigenvalue weighted by Crippen LogP contribution is 2.27. The minimum Gasteiger partial charge on any atom is -0.352 e. The fourth-order valence-corrected chi connectivity index (χ4v) is 6.68. The zero-order chi connectivity index (χ0) is 29.6. The van der Waals surface area contributed by atoms with E-state index in [9.17, 15) is 22.4 Å². The molecule has 3 aromatic carbocycles. The van der Waals surface area contributed by atoms with Gasteiger partial charge in [-0.2, -0.15) is 0 Å². The van der Waals surface area contributed by atoms with Crippen LogP contribution in [-0.2, 0) is 26.2 Å². The van der Waals surface area contributed by atoms with Gasteiger partial charge in [0.1, 0.15) is 18.4 Å². The number of halogens is 2. The number of amides is 2. The van der Waals surface area contributed by atoms with Gasteiger partial charge in [-0.3, -0.25) is 13.9 Å². The molecular weight excluding hydrogens is 565 g/mol. The van der Waals surface area contributed by atoms with E-state index in [-0.39, 0.29) is 29.1 Å². The first-order chi connectivity index (χ1) is 19.6. The number of sulfonamides is 1. The molecule has 1 atom stereocenters. The first kappa shape index (κ1) is 30.5. The third kappa shape index (κ3) is 7.45. The van der Waals surface area contributed by atoms with E-state index in [1.165, 1.54) is 17.0 Å². The molecule has 2 amide bonds. The zero-order valence-corrected chi connectivity index (χ0v) is 24.8. The smallest absolute Gasteiger partial charge is 0.264 e. The molecule has 0 saturated heterocycles. The molecule has 0 unspecified atom stereocenters. The fraction of sp³-hybridized carbons (Fsp3) is 0.355. The average molecular weight is 600 g/mol. The van der Waals surface area contributed by atoms with Crippen LogP contribution >= 0.6 is 11.6 Å². The maximum atomic E-state index is 14.1. The van der Waals surface area contributed by atoms with E-state index in [1.54, 1.807) is 48.5 Å². The van der Waals surface area contributed by atoms with Gasteiger partial charge in [0.25, 0.3) is 10.0 Å². The van der Waals surface area contributed by atoms with E-state index in [0.29, 0.717) is 17.0 Å². The van der Waals surface area contributed by atoms with Crippen LogP contribution in [0.4, 0.5) is 10.1 Å². The highest BCUT2D eigenvalue weighted by atomic mass is 35.5. The van der Waals surface area contributed by atoms with E-state index in [2.05, 4.69) is 5.32 Å². The Morgan fingerprint density at radius 1 is 1.00 bits per heavy atom. The Balaban J connectivity index is 1.72. The van der Waals surface area contributed by atoms with Crippen molar-refractivity contribution in [3.63, 3.8) is 0 Å². The highest BCUT2D eigenvalue weighted by molar-refractivity contribution is 7.92. The number of carbonyl (C=O) groups is 2. The number of hydrogen-bond acceptors (Lipinski definition) is 4. The quantitative estimate of drug-likeness (QED) is 0.300. The van der Waals surface area contributed by atoms with E-state index < -0.39 is 34.3 Å². The van der Waals surface area contributed by atoms with Crippen molar-refractivity contribution < 1.29 is 22.4 Å². The maximum Gasteiger partial charge on any atom is 0.264 e. The van der Waals surface area contributed by atoms with Crippen LogP contribution in [0.15, 0.2) is 77.7 Å². The lowest BCUT2D eigenvalue weighted by Gasteiger charge is -2.34. The van der Waals surface area contributed by atoms with E-state index >= 15 is 0 Å². The molecule has 3 aromatic rings. The molecule has 1 saturated carbocycles. The molecule has 1 aliphatic carbocycles. The van der Waals surface area contributed by atoms with Gasteiger partial charge in [-0.05, 0) is 74.2 Å². The number of hydrogen-bond donors (Lipinski definition) is 1. The molecule has 218 valence electrons. The Morgan fingerprint density at radius 2 is 1.63 bits per heavy atom. The van der Waals surface area contributed by atoms with E-state index in [0.717, 1.165) is 47.7 Å². The Bertz CT molecular complexity index is 1460. The third-order valence-electron chi connectivity index (χ3n) is 7.39. The molecule has 1 fully saturated rings. The second-order valence-corrected chi connectivity index (χ2v) is 12.6. The van der Waals surface area contributed by atoms with Crippen LogP contribution in [0.2, 0.25) is 5.02 Å². The van der Waals surface area contributed by atoms with Crippen LogP contribution < -0.4 is 9.62 Å². The van der Waals surface area contributed by atoms with E-state index in [1.807, 2.05) is 13.8 Å². The van der Waals surface area contributed by atoms with Gasteiger partial charge in [0, 0.05) is 17.6 Å². The lowest BCUT2D eigenvalue weighted by Crippen LogP contribution is -2.53. The monoisotopic (exact) mass is 599 g/mol. The molecule has 0 heterocycles. The van der Waals surface area contributed by atoms with Crippen LogP contribution in [0, 0.1) is 12.7 Å². The number of nitrogens with one attached hydrogen (secondary N) is 1. The van der Waals surface area contributed by atoms with Crippen molar-refractivity contribution in [2.45, 2.75) is 69.5 Å². The summed E-state index contributed by atoms with van der Waals surface area (Å²) in [6.07, 6.45) is 4.17. The van der Waals surface area contributed by atoms with Crippen molar-refractivity contribution in [2.24, 2.45) is 0 Å². The molecule has 10 heteroatoms. The summed E-state index contributed by atoms with van der Waals surface area (Å²) in [5, 5.41) is 3.52. The Hall–Kier alpha value is -3.43. The highest BCUT2D eigenvalue weighted by Gasteiger charge is 2.34. The first-order valence-electron chi connectivity index (χ1n) is 13.8. The topological polar surface area (TPSA) is 86.8 Å². The molecule has 4 rings (SSSR count). The van der Waals surface area contributed by atoms with Crippen LogP contribution in [0.25, 0.3) is 0 Å². The van der Waals surface area contributed by atoms with Gasteiger partial charge in [0.2, 0.25) is 11.8 Å². The van der Waals surface area contributed by atoms with Gasteiger partial charge in [-0.1, -0.05) is 67.3 Å².